The maximum absolute atomic E-state index is 8.88. The summed E-state index contributed by atoms with van der Waals surface area (Å²) in [5.41, 5.74) is 0. The third-order valence-electron chi connectivity index (χ3n) is 1.95. The van der Waals surface area contributed by atoms with Gasteiger partial charge in [-0.2, -0.15) is 0 Å². The smallest absolute Gasteiger partial charge is 0.183 e. The van der Waals surface area contributed by atoms with Crippen LogP contribution in [0.5, 0.6) is 0 Å². The van der Waals surface area contributed by atoms with E-state index >= 15 is 0 Å². The van der Waals surface area contributed by atoms with Crippen LogP contribution in [0.2, 0.25) is 4.47 Å². The first kappa shape index (κ1) is 12.9. The Balaban J connectivity index is 2.42. The minimum atomic E-state index is 0.123. The number of hydrogen-bond donors (Lipinski definition) is 2. The topological polar surface area (TPSA) is 56.6 Å². The molecule has 0 aromatic carbocycles. The van der Waals surface area contributed by atoms with Gasteiger partial charge in [0, 0.05) is 37.3 Å². The number of aromatic nitrogens is 1. The lowest BCUT2D eigenvalue weighted by Crippen LogP contribution is -2.27. The van der Waals surface area contributed by atoms with Gasteiger partial charge in [0.25, 0.3) is 0 Å². The number of hydrogen-bond acceptors (Lipinski definition) is 5. The van der Waals surface area contributed by atoms with E-state index in [1.165, 1.54) is 11.3 Å². The minimum absolute atomic E-state index is 0.123. The zero-order chi connectivity index (χ0) is 11.1. The van der Waals surface area contributed by atoms with Gasteiger partial charge in [-0.1, -0.05) is 11.6 Å². The van der Waals surface area contributed by atoms with Gasteiger partial charge in [0.2, 0.25) is 0 Å². The average molecular weight is 251 g/mol. The molecule has 0 spiro atoms. The molecule has 86 valence electrons. The molecule has 0 saturated heterocycles. The molecule has 0 bridgehead atoms. The van der Waals surface area contributed by atoms with Gasteiger partial charge >= 0.3 is 0 Å². The lowest BCUT2D eigenvalue weighted by Gasteiger charge is -2.19. The maximum atomic E-state index is 8.88. The van der Waals surface area contributed by atoms with Crippen LogP contribution in [-0.4, -0.2) is 46.4 Å². The Morgan fingerprint density at radius 3 is 2.67 bits per heavy atom. The summed E-state index contributed by atoms with van der Waals surface area (Å²) in [5.74, 6) is 0. The zero-order valence-corrected chi connectivity index (χ0v) is 9.97. The summed E-state index contributed by atoms with van der Waals surface area (Å²) >= 11 is 7.17. The molecule has 1 rings (SSSR count). The van der Waals surface area contributed by atoms with Crippen LogP contribution in [-0.2, 0) is 6.54 Å². The van der Waals surface area contributed by atoms with Gasteiger partial charge in [-0.15, -0.1) is 11.3 Å². The highest BCUT2D eigenvalue weighted by atomic mass is 35.5. The predicted octanol–water partition coefficient (Wildman–Crippen LogP) is 0.973. The van der Waals surface area contributed by atoms with Crippen molar-refractivity contribution in [2.75, 3.05) is 26.3 Å². The second-order valence-electron chi connectivity index (χ2n) is 3.16. The second kappa shape index (κ2) is 7.14. The van der Waals surface area contributed by atoms with Gasteiger partial charge in [0.15, 0.2) is 4.47 Å². The highest BCUT2D eigenvalue weighted by molar-refractivity contribution is 7.15. The van der Waals surface area contributed by atoms with Crippen LogP contribution in [0.25, 0.3) is 0 Å². The van der Waals surface area contributed by atoms with Crippen molar-refractivity contribution in [2.24, 2.45) is 0 Å². The fourth-order valence-electron chi connectivity index (χ4n) is 1.28. The molecule has 0 saturated carbocycles. The van der Waals surface area contributed by atoms with E-state index in [2.05, 4.69) is 9.88 Å². The molecule has 0 aliphatic rings. The normalized spacial score (nSPS) is 11.2. The number of aliphatic hydroxyl groups excluding tert-OH is 2. The van der Waals surface area contributed by atoms with Crippen molar-refractivity contribution in [3.63, 3.8) is 0 Å². The van der Waals surface area contributed by atoms with Gasteiger partial charge in [0.05, 0.1) is 6.61 Å². The summed E-state index contributed by atoms with van der Waals surface area (Å²) in [5, 5.41) is 17.6. The van der Waals surface area contributed by atoms with Crippen molar-refractivity contribution in [1.29, 1.82) is 0 Å². The van der Waals surface area contributed by atoms with Gasteiger partial charge in [-0.25, -0.2) is 4.98 Å². The lowest BCUT2D eigenvalue weighted by atomic mass is 10.3. The van der Waals surface area contributed by atoms with Crippen molar-refractivity contribution >= 4 is 22.9 Å². The van der Waals surface area contributed by atoms with Crippen LogP contribution in [0, 0.1) is 0 Å². The molecule has 0 atom stereocenters. The van der Waals surface area contributed by atoms with Crippen molar-refractivity contribution in [2.45, 2.75) is 13.0 Å². The molecule has 0 radical (unpaired) electrons. The largest absolute Gasteiger partial charge is 0.396 e. The molecular formula is C9H15ClN2O2S. The quantitative estimate of drug-likeness (QED) is 0.757. The van der Waals surface area contributed by atoms with Gasteiger partial charge in [-0.3, -0.25) is 4.90 Å². The predicted molar refractivity (Wildman–Crippen MR) is 61.2 cm³/mol. The highest BCUT2D eigenvalue weighted by Crippen LogP contribution is 2.19. The fraction of sp³-hybridized carbons (Fsp3) is 0.667. The van der Waals surface area contributed by atoms with E-state index in [-0.39, 0.29) is 13.2 Å². The molecule has 1 aromatic heterocycles. The maximum Gasteiger partial charge on any atom is 0.183 e. The van der Waals surface area contributed by atoms with Crippen LogP contribution in [0.4, 0.5) is 0 Å². The standard InChI is InChI=1S/C9H15ClN2O2S/c10-9-11-6-8(15-9)7-12(3-5-14)2-1-4-13/h6,13-14H,1-5,7H2. The average Bonchev–Trinajstić information content (AvgIpc) is 2.61. The monoisotopic (exact) mass is 250 g/mol. The molecule has 0 fully saturated rings. The van der Waals surface area contributed by atoms with E-state index in [9.17, 15) is 0 Å². The zero-order valence-electron chi connectivity index (χ0n) is 8.40. The van der Waals surface area contributed by atoms with Gasteiger partial charge in [-0.05, 0) is 6.42 Å². The molecule has 15 heavy (non-hydrogen) atoms. The number of halogens is 1. The number of aliphatic hydroxyl groups is 2. The molecule has 1 heterocycles. The highest BCUT2D eigenvalue weighted by Gasteiger charge is 2.07. The molecule has 0 aliphatic carbocycles. The molecule has 0 aliphatic heterocycles. The summed E-state index contributed by atoms with van der Waals surface area (Å²) in [6.07, 6.45) is 2.46. The van der Waals surface area contributed by atoms with Crippen LogP contribution < -0.4 is 0 Å². The van der Waals surface area contributed by atoms with Gasteiger partial charge in [0.1, 0.15) is 0 Å². The first-order chi connectivity index (χ1) is 7.26. The molecule has 0 unspecified atom stereocenters. The number of thiazole rings is 1. The Morgan fingerprint density at radius 1 is 1.33 bits per heavy atom. The van der Waals surface area contributed by atoms with Crippen molar-refractivity contribution in [3.8, 4) is 0 Å². The Labute approximate surface area is 98.1 Å². The van der Waals surface area contributed by atoms with E-state index in [1.807, 2.05) is 0 Å². The summed E-state index contributed by atoms with van der Waals surface area (Å²) in [4.78, 5) is 7.10. The number of nitrogens with zero attached hydrogens (tertiary/aromatic N) is 2. The van der Waals surface area contributed by atoms with Crippen LogP contribution in [0.3, 0.4) is 0 Å². The minimum Gasteiger partial charge on any atom is -0.396 e. The Hall–Kier alpha value is -0.200. The molecular weight excluding hydrogens is 236 g/mol. The van der Waals surface area contributed by atoms with Crippen LogP contribution >= 0.6 is 22.9 Å². The lowest BCUT2D eigenvalue weighted by molar-refractivity contribution is 0.175. The summed E-state index contributed by atoms with van der Waals surface area (Å²) in [6.45, 7) is 2.40. The third kappa shape index (κ3) is 4.90. The Bertz CT molecular complexity index is 283. The van der Waals surface area contributed by atoms with Crippen LogP contribution in [0.15, 0.2) is 6.20 Å². The van der Waals surface area contributed by atoms with E-state index in [0.717, 1.165) is 18.0 Å². The third-order valence-corrected chi connectivity index (χ3v) is 3.05. The summed E-state index contributed by atoms with van der Waals surface area (Å²) in [6, 6.07) is 0. The van der Waals surface area contributed by atoms with Crippen molar-refractivity contribution in [1.82, 2.24) is 9.88 Å². The summed E-state index contributed by atoms with van der Waals surface area (Å²) < 4.78 is 0.538. The molecule has 1 aromatic rings. The van der Waals surface area contributed by atoms with E-state index in [1.54, 1.807) is 6.20 Å². The molecule has 2 N–H and O–H groups in total. The fourth-order valence-corrected chi connectivity index (χ4v) is 2.30. The number of rotatable bonds is 7. The van der Waals surface area contributed by atoms with Crippen molar-refractivity contribution in [3.05, 3.63) is 15.5 Å². The molecule has 6 heteroatoms. The first-order valence-electron chi connectivity index (χ1n) is 4.80. The Morgan fingerprint density at radius 2 is 2.13 bits per heavy atom. The second-order valence-corrected chi connectivity index (χ2v) is 4.85. The van der Waals surface area contributed by atoms with Gasteiger partial charge < -0.3 is 10.2 Å². The SMILES string of the molecule is OCCCN(CCO)Cc1cnc(Cl)s1. The Kier molecular flexibility index (Phi) is 6.12. The first-order valence-corrected chi connectivity index (χ1v) is 6.00. The molecule has 0 amide bonds. The van der Waals surface area contributed by atoms with E-state index in [0.29, 0.717) is 17.4 Å². The van der Waals surface area contributed by atoms with Crippen LogP contribution in [0.1, 0.15) is 11.3 Å². The summed E-state index contributed by atoms with van der Waals surface area (Å²) in [7, 11) is 0. The van der Waals surface area contributed by atoms with Crippen molar-refractivity contribution < 1.29 is 10.2 Å². The van der Waals surface area contributed by atoms with E-state index in [4.69, 9.17) is 21.8 Å². The molecule has 4 nitrogen and oxygen atoms in total. The van der Waals surface area contributed by atoms with E-state index < -0.39 is 0 Å².